The standard InChI is InChI=1S/C10H13ClN4O/c1-4-5-6-12-9-13-8(11)14-10(15-9)16-7(2)3/h7H,6H2,1-3H3,(H,12,13,14,15). The molecule has 0 unspecified atom stereocenters. The summed E-state index contributed by atoms with van der Waals surface area (Å²) in [5, 5.41) is 2.99. The third-order valence-electron chi connectivity index (χ3n) is 1.44. The molecule has 1 aromatic heterocycles. The third-order valence-corrected chi connectivity index (χ3v) is 1.61. The first-order valence-corrected chi connectivity index (χ1v) is 5.21. The van der Waals surface area contributed by atoms with Gasteiger partial charge in [-0.25, -0.2) is 0 Å². The van der Waals surface area contributed by atoms with Crippen molar-refractivity contribution in [3.8, 4) is 17.9 Å². The summed E-state index contributed by atoms with van der Waals surface area (Å²) in [6.45, 7) is 5.98. The van der Waals surface area contributed by atoms with Gasteiger partial charge >= 0.3 is 6.01 Å². The lowest BCUT2D eigenvalue weighted by Crippen LogP contribution is -2.11. The highest BCUT2D eigenvalue weighted by Gasteiger charge is 2.06. The van der Waals surface area contributed by atoms with Gasteiger partial charge < -0.3 is 10.1 Å². The Morgan fingerprint density at radius 3 is 2.75 bits per heavy atom. The van der Waals surface area contributed by atoms with Gasteiger partial charge in [-0.05, 0) is 32.4 Å². The van der Waals surface area contributed by atoms with E-state index in [4.69, 9.17) is 16.3 Å². The molecule has 16 heavy (non-hydrogen) atoms. The Bertz CT molecular complexity index is 411. The van der Waals surface area contributed by atoms with Crippen LogP contribution in [0.2, 0.25) is 5.28 Å². The Kier molecular flexibility index (Phi) is 4.80. The van der Waals surface area contributed by atoms with Crippen LogP contribution in [-0.2, 0) is 0 Å². The summed E-state index contributed by atoms with van der Waals surface area (Å²) in [6.07, 6.45) is -0.0123. The molecule has 0 aliphatic rings. The Labute approximate surface area is 99.6 Å². The maximum atomic E-state index is 5.73. The van der Waals surface area contributed by atoms with Crippen LogP contribution < -0.4 is 10.1 Å². The first kappa shape index (κ1) is 12.5. The van der Waals surface area contributed by atoms with Gasteiger partial charge in [-0.2, -0.15) is 15.0 Å². The van der Waals surface area contributed by atoms with Crippen molar-refractivity contribution in [1.82, 2.24) is 15.0 Å². The predicted octanol–water partition coefficient (Wildman–Crippen LogP) is 1.75. The van der Waals surface area contributed by atoms with E-state index < -0.39 is 0 Å². The molecule has 0 aromatic carbocycles. The molecular weight excluding hydrogens is 228 g/mol. The number of rotatable bonds is 4. The molecule has 0 aliphatic heterocycles. The molecule has 0 amide bonds. The Hall–Kier alpha value is -1.54. The van der Waals surface area contributed by atoms with Crippen molar-refractivity contribution in [3.63, 3.8) is 0 Å². The SMILES string of the molecule is CC#CCNc1nc(Cl)nc(OC(C)C)n1. The molecule has 5 nitrogen and oxygen atoms in total. The molecule has 0 spiro atoms. The van der Waals surface area contributed by atoms with Crippen molar-refractivity contribution in [3.05, 3.63) is 5.28 Å². The van der Waals surface area contributed by atoms with Crippen LogP contribution in [-0.4, -0.2) is 27.6 Å². The van der Waals surface area contributed by atoms with Gasteiger partial charge in [0, 0.05) is 0 Å². The summed E-state index contributed by atoms with van der Waals surface area (Å²) in [5.74, 6) is 5.94. The van der Waals surface area contributed by atoms with Crippen LogP contribution in [0.25, 0.3) is 0 Å². The second-order valence-electron chi connectivity index (χ2n) is 3.16. The molecule has 1 rings (SSSR count). The minimum atomic E-state index is -0.0123. The van der Waals surface area contributed by atoms with Crippen molar-refractivity contribution in [2.24, 2.45) is 0 Å². The zero-order valence-corrected chi connectivity index (χ0v) is 10.2. The Morgan fingerprint density at radius 1 is 1.38 bits per heavy atom. The molecular formula is C10H13ClN4O. The Morgan fingerprint density at radius 2 is 2.12 bits per heavy atom. The van der Waals surface area contributed by atoms with Crippen molar-refractivity contribution >= 4 is 17.5 Å². The van der Waals surface area contributed by atoms with E-state index in [0.29, 0.717) is 12.5 Å². The predicted molar refractivity (Wildman–Crippen MR) is 62.5 cm³/mol. The largest absolute Gasteiger partial charge is 0.461 e. The maximum absolute atomic E-state index is 5.73. The van der Waals surface area contributed by atoms with Gasteiger partial charge in [-0.15, -0.1) is 5.92 Å². The van der Waals surface area contributed by atoms with Gasteiger partial charge in [0.15, 0.2) is 0 Å². The van der Waals surface area contributed by atoms with E-state index in [-0.39, 0.29) is 17.4 Å². The topological polar surface area (TPSA) is 59.9 Å². The zero-order valence-electron chi connectivity index (χ0n) is 9.41. The monoisotopic (exact) mass is 240 g/mol. The summed E-state index contributed by atoms with van der Waals surface area (Å²) in [7, 11) is 0. The molecule has 0 fully saturated rings. The molecule has 0 saturated heterocycles. The smallest absolute Gasteiger partial charge is 0.322 e. The zero-order chi connectivity index (χ0) is 12.0. The number of halogens is 1. The third kappa shape index (κ3) is 4.32. The second kappa shape index (κ2) is 6.13. The molecule has 1 heterocycles. The van der Waals surface area contributed by atoms with E-state index in [1.165, 1.54) is 0 Å². The minimum absolute atomic E-state index is 0.0123. The van der Waals surface area contributed by atoms with Crippen LogP contribution >= 0.6 is 11.6 Å². The van der Waals surface area contributed by atoms with Crippen molar-refractivity contribution < 1.29 is 4.74 Å². The second-order valence-corrected chi connectivity index (χ2v) is 3.50. The number of aromatic nitrogens is 3. The van der Waals surface area contributed by atoms with E-state index in [1.54, 1.807) is 6.92 Å². The molecule has 0 atom stereocenters. The fourth-order valence-electron chi connectivity index (χ4n) is 0.886. The molecule has 1 aromatic rings. The van der Waals surface area contributed by atoms with Gasteiger partial charge in [0.25, 0.3) is 0 Å². The van der Waals surface area contributed by atoms with Gasteiger partial charge in [0.1, 0.15) is 0 Å². The van der Waals surface area contributed by atoms with E-state index >= 15 is 0 Å². The van der Waals surface area contributed by atoms with Crippen LogP contribution in [0.4, 0.5) is 5.95 Å². The highest BCUT2D eigenvalue weighted by molar-refractivity contribution is 6.28. The van der Waals surface area contributed by atoms with E-state index in [2.05, 4.69) is 32.1 Å². The van der Waals surface area contributed by atoms with Crippen LogP contribution in [0.5, 0.6) is 6.01 Å². The number of nitrogens with one attached hydrogen (secondary N) is 1. The average molecular weight is 241 g/mol. The van der Waals surface area contributed by atoms with Crippen LogP contribution in [0, 0.1) is 11.8 Å². The van der Waals surface area contributed by atoms with Gasteiger partial charge in [0.2, 0.25) is 11.2 Å². The molecule has 1 N–H and O–H groups in total. The minimum Gasteiger partial charge on any atom is -0.461 e. The van der Waals surface area contributed by atoms with Gasteiger partial charge in [-0.3, -0.25) is 0 Å². The molecule has 0 bridgehead atoms. The number of hydrogen-bond acceptors (Lipinski definition) is 5. The lowest BCUT2D eigenvalue weighted by Gasteiger charge is -2.08. The number of ether oxygens (including phenoxy) is 1. The molecule has 0 aliphatic carbocycles. The highest BCUT2D eigenvalue weighted by atomic mass is 35.5. The first-order chi connectivity index (χ1) is 7.61. The number of nitrogens with zero attached hydrogens (tertiary/aromatic N) is 3. The summed E-state index contributed by atoms with van der Waals surface area (Å²) in [4.78, 5) is 11.8. The summed E-state index contributed by atoms with van der Waals surface area (Å²) in [6, 6.07) is 0.210. The fourth-order valence-corrected chi connectivity index (χ4v) is 1.04. The summed E-state index contributed by atoms with van der Waals surface area (Å²) in [5.41, 5.74) is 0. The van der Waals surface area contributed by atoms with Crippen molar-refractivity contribution in [1.29, 1.82) is 0 Å². The number of hydrogen-bond donors (Lipinski definition) is 1. The molecule has 0 radical (unpaired) electrons. The quantitative estimate of drug-likeness (QED) is 0.813. The first-order valence-electron chi connectivity index (χ1n) is 4.83. The summed E-state index contributed by atoms with van der Waals surface area (Å²) >= 11 is 5.73. The van der Waals surface area contributed by atoms with Crippen molar-refractivity contribution in [2.75, 3.05) is 11.9 Å². The molecule has 0 saturated carbocycles. The summed E-state index contributed by atoms with van der Waals surface area (Å²) < 4.78 is 5.32. The fraction of sp³-hybridized carbons (Fsp3) is 0.500. The lowest BCUT2D eigenvalue weighted by molar-refractivity contribution is 0.222. The van der Waals surface area contributed by atoms with Crippen LogP contribution in [0.15, 0.2) is 0 Å². The van der Waals surface area contributed by atoms with E-state index in [9.17, 15) is 0 Å². The van der Waals surface area contributed by atoms with Crippen LogP contribution in [0.3, 0.4) is 0 Å². The number of anilines is 1. The molecule has 6 heteroatoms. The average Bonchev–Trinajstić information content (AvgIpc) is 2.16. The van der Waals surface area contributed by atoms with Crippen LogP contribution in [0.1, 0.15) is 20.8 Å². The van der Waals surface area contributed by atoms with E-state index in [0.717, 1.165) is 0 Å². The highest BCUT2D eigenvalue weighted by Crippen LogP contribution is 2.12. The lowest BCUT2D eigenvalue weighted by atomic mass is 10.5. The van der Waals surface area contributed by atoms with Gasteiger partial charge in [-0.1, -0.05) is 5.92 Å². The van der Waals surface area contributed by atoms with E-state index in [1.807, 2.05) is 13.8 Å². The normalized spacial score (nSPS) is 9.56. The maximum Gasteiger partial charge on any atom is 0.322 e. The Balaban J connectivity index is 2.75. The molecule has 86 valence electrons. The van der Waals surface area contributed by atoms with Gasteiger partial charge in [0.05, 0.1) is 12.6 Å². The van der Waals surface area contributed by atoms with Crippen molar-refractivity contribution in [2.45, 2.75) is 26.9 Å².